The minimum atomic E-state index is -1.09. The van der Waals surface area contributed by atoms with Gasteiger partial charge in [-0.1, -0.05) is 6.42 Å². The van der Waals surface area contributed by atoms with Crippen LogP contribution in [-0.4, -0.2) is 28.5 Å². The smallest absolute Gasteiger partial charge is 0.260 e. The number of rotatable bonds is 3. The van der Waals surface area contributed by atoms with Crippen molar-refractivity contribution in [1.82, 2.24) is 4.90 Å². The van der Waals surface area contributed by atoms with E-state index in [-0.39, 0.29) is 12.1 Å². The monoisotopic (exact) mass is 397 g/mol. The fourth-order valence-corrected chi connectivity index (χ4v) is 3.99. The maximum absolute atomic E-state index is 13.9. The van der Waals surface area contributed by atoms with Crippen LogP contribution in [0.5, 0.6) is 0 Å². The fourth-order valence-electron chi connectivity index (χ4n) is 2.85. The van der Waals surface area contributed by atoms with Crippen molar-refractivity contribution in [3.05, 3.63) is 65.2 Å². The van der Waals surface area contributed by atoms with Crippen LogP contribution in [0.15, 0.2) is 41.3 Å². The Balaban J connectivity index is 1.84. The fraction of sp³-hybridized carbons (Fsp3) is 0.263. The van der Waals surface area contributed by atoms with Crippen LogP contribution in [-0.2, 0) is 4.79 Å². The first-order valence-electron chi connectivity index (χ1n) is 8.29. The van der Waals surface area contributed by atoms with E-state index in [1.165, 1.54) is 12.1 Å². The second kappa shape index (κ2) is 8.12. The average Bonchev–Trinajstić information content (AvgIpc) is 2.80. The number of carbonyl (C=O) groups is 2. The van der Waals surface area contributed by atoms with Crippen LogP contribution < -0.4 is 0 Å². The maximum atomic E-state index is 13.9. The Bertz CT molecular complexity index is 850. The summed E-state index contributed by atoms with van der Waals surface area (Å²) in [5.41, 5.74) is 0.148. The Hall–Kier alpha value is -2.35. The Labute approximate surface area is 157 Å². The molecule has 2 aromatic rings. The SMILES string of the molecule is O=C(c1ccc(F)cc1)N1CCCC[C@H](Sc2c(F)cc(F)cc2F)C1=O. The van der Waals surface area contributed by atoms with Crippen LogP contribution in [0.4, 0.5) is 17.6 Å². The zero-order chi connectivity index (χ0) is 19.6. The first kappa shape index (κ1) is 19.4. The van der Waals surface area contributed by atoms with Gasteiger partial charge in [0, 0.05) is 24.2 Å². The molecule has 27 heavy (non-hydrogen) atoms. The lowest BCUT2D eigenvalue weighted by Gasteiger charge is -2.22. The third kappa shape index (κ3) is 4.32. The van der Waals surface area contributed by atoms with Gasteiger partial charge in [0.1, 0.15) is 23.3 Å². The average molecular weight is 397 g/mol. The first-order valence-corrected chi connectivity index (χ1v) is 9.17. The van der Waals surface area contributed by atoms with Crippen molar-refractivity contribution in [1.29, 1.82) is 0 Å². The first-order chi connectivity index (χ1) is 12.9. The molecular formula is C19H15F4NO2S. The minimum Gasteiger partial charge on any atom is -0.278 e. The highest BCUT2D eigenvalue weighted by molar-refractivity contribution is 8.00. The van der Waals surface area contributed by atoms with Gasteiger partial charge < -0.3 is 0 Å². The molecule has 1 aliphatic rings. The highest BCUT2D eigenvalue weighted by atomic mass is 32.2. The van der Waals surface area contributed by atoms with Crippen molar-refractivity contribution in [2.75, 3.05) is 6.54 Å². The van der Waals surface area contributed by atoms with E-state index < -0.39 is 45.2 Å². The molecule has 0 spiro atoms. The molecule has 0 aliphatic carbocycles. The summed E-state index contributed by atoms with van der Waals surface area (Å²) < 4.78 is 54.0. The molecule has 2 amide bonds. The number of benzene rings is 2. The summed E-state index contributed by atoms with van der Waals surface area (Å²) in [7, 11) is 0. The van der Waals surface area contributed by atoms with E-state index in [1.807, 2.05) is 0 Å². The van der Waals surface area contributed by atoms with Gasteiger partial charge in [0.2, 0.25) is 5.91 Å². The highest BCUT2D eigenvalue weighted by Gasteiger charge is 2.33. The number of halogens is 4. The van der Waals surface area contributed by atoms with Gasteiger partial charge in [-0.25, -0.2) is 17.6 Å². The molecular weight excluding hydrogens is 382 g/mol. The Kier molecular flexibility index (Phi) is 5.84. The molecule has 1 fully saturated rings. The maximum Gasteiger partial charge on any atom is 0.260 e. The van der Waals surface area contributed by atoms with Crippen LogP contribution in [0.25, 0.3) is 0 Å². The summed E-state index contributed by atoms with van der Waals surface area (Å²) in [6.07, 6.45) is 1.46. The van der Waals surface area contributed by atoms with E-state index >= 15 is 0 Å². The van der Waals surface area contributed by atoms with Crippen LogP contribution in [0.3, 0.4) is 0 Å². The molecule has 0 N–H and O–H groups in total. The zero-order valence-corrected chi connectivity index (χ0v) is 14.9. The standard InChI is InChI=1S/C19H15F4NO2S/c20-12-6-4-11(5-7-12)18(25)24-8-2-1-3-16(19(24)26)27-17-14(22)9-13(21)10-15(17)23/h4-7,9-10,16H,1-3,8H2/t16-/m0/s1. The number of nitrogens with zero attached hydrogens (tertiary/aromatic N) is 1. The molecule has 142 valence electrons. The number of carbonyl (C=O) groups excluding carboxylic acids is 2. The van der Waals surface area contributed by atoms with Crippen LogP contribution in [0, 0.1) is 23.3 Å². The largest absolute Gasteiger partial charge is 0.278 e. The van der Waals surface area contributed by atoms with Crippen molar-refractivity contribution in [2.45, 2.75) is 29.4 Å². The van der Waals surface area contributed by atoms with Gasteiger partial charge in [0.15, 0.2) is 0 Å². The summed E-state index contributed by atoms with van der Waals surface area (Å²) >= 11 is 0.647. The predicted octanol–water partition coefficient (Wildman–Crippen LogP) is 4.56. The van der Waals surface area contributed by atoms with Crippen molar-refractivity contribution < 1.29 is 27.2 Å². The molecule has 3 nitrogen and oxygen atoms in total. The number of thioether (sulfide) groups is 1. The second-order valence-electron chi connectivity index (χ2n) is 6.10. The molecule has 2 aromatic carbocycles. The van der Waals surface area contributed by atoms with E-state index in [4.69, 9.17) is 0 Å². The Morgan fingerprint density at radius 3 is 2.22 bits per heavy atom. The van der Waals surface area contributed by atoms with Gasteiger partial charge in [-0.3, -0.25) is 14.5 Å². The molecule has 0 radical (unpaired) electrons. The van der Waals surface area contributed by atoms with Gasteiger partial charge in [-0.2, -0.15) is 0 Å². The summed E-state index contributed by atoms with van der Waals surface area (Å²) in [5.74, 6) is -4.90. The normalized spacial score (nSPS) is 17.7. The lowest BCUT2D eigenvalue weighted by atomic mass is 10.2. The van der Waals surface area contributed by atoms with E-state index in [0.717, 1.165) is 17.0 Å². The minimum absolute atomic E-state index is 0.148. The molecule has 0 aromatic heterocycles. The van der Waals surface area contributed by atoms with Crippen LogP contribution in [0.1, 0.15) is 29.6 Å². The summed E-state index contributed by atoms with van der Waals surface area (Å²) in [4.78, 5) is 26.0. The molecule has 0 unspecified atom stereocenters. The lowest BCUT2D eigenvalue weighted by Crippen LogP contribution is -2.41. The zero-order valence-electron chi connectivity index (χ0n) is 14.1. The topological polar surface area (TPSA) is 37.4 Å². The molecule has 0 saturated carbocycles. The van der Waals surface area contributed by atoms with E-state index in [2.05, 4.69) is 0 Å². The molecule has 3 rings (SSSR count). The van der Waals surface area contributed by atoms with E-state index in [0.29, 0.717) is 43.2 Å². The molecule has 1 heterocycles. The number of imide groups is 1. The van der Waals surface area contributed by atoms with Crippen molar-refractivity contribution in [3.63, 3.8) is 0 Å². The third-order valence-electron chi connectivity index (χ3n) is 4.20. The van der Waals surface area contributed by atoms with Gasteiger partial charge in [0.25, 0.3) is 5.91 Å². The lowest BCUT2D eigenvalue weighted by molar-refractivity contribution is -0.127. The number of hydrogen-bond acceptors (Lipinski definition) is 3. The molecule has 1 saturated heterocycles. The summed E-state index contributed by atoms with van der Waals surface area (Å²) in [6.45, 7) is 0.167. The third-order valence-corrected chi connectivity index (χ3v) is 5.55. The number of amides is 2. The van der Waals surface area contributed by atoms with Crippen LogP contribution >= 0.6 is 11.8 Å². The molecule has 8 heteroatoms. The summed E-state index contributed by atoms with van der Waals surface area (Å²) in [6, 6.07) is 5.88. The second-order valence-corrected chi connectivity index (χ2v) is 7.32. The van der Waals surface area contributed by atoms with E-state index in [1.54, 1.807) is 0 Å². The quantitative estimate of drug-likeness (QED) is 0.563. The summed E-state index contributed by atoms with van der Waals surface area (Å²) in [5, 5.41) is -0.883. The van der Waals surface area contributed by atoms with Crippen molar-refractivity contribution in [2.24, 2.45) is 0 Å². The Morgan fingerprint density at radius 1 is 0.963 bits per heavy atom. The Morgan fingerprint density at radius 2 is 1.59 bits per heavy atom. The number of likely N-dealkylation sites (tertiary alicyclic amines) is 1. The van der Waals surface area contributed by atoms with Gasteiger partial charge in [0.05, 0.1) is 10.1 Å². The molecule has 1 aliphatic heterocycles. The molecule has 0 bridgehead atoms. The van der Waals surface area contributed by atoms with Gasteiger partial charge in [-0.05, 0) is 37.1 Å². The van der Waals surface area contributed by atoms with Gasteiger partial charge in [-0.15, -0.1) is 11.8 Å². The molecule has 1 atom stereocenters. The van der Waals surface area contributed by atoms with Crippen LogP contribution in [0.2, 0.25) is 0 Å². The van der Waals surface area contributed by atoms with Crippen molar-refractivity contribution >= 4 is 23.6 Å². The highest BCUT2D eigenvalue weighted by Crippen LogP contribution is 2.34. The van der Waals surface area contributed by atoms with Crippen molar-refractivity contribution in [3.8, 4) is 0 Å². The van der Waals surface area contributed by atoms with E-state index in [9.17, 15) is 27.2 Å². The predicted molar refractivity (Wildman–Crippen MR) is 92.3 cm³/mol. The van der Waals surface area contributed by atoms with Gasteiger partial charge >= 0.3 is 0 Å². The number of hydrogen-bond donors (Lipinski definition) is 0.